The van der Waals surface area contributed by atoms with Crippen LogP contribution in [0.1, 0.15) is 24.8 Å². The first-order valence-electron chi connectivity index (χ1n) is 7.53. The molecule has 0 atom stereocenters. The van der Waals surface area contributed by atoms with E-state index in [0.29, 0.717) is 23.0 Å². The van der Waals surface area contributed by atoms with E-state index in [1.54, 1.807) is 6.07 Å². The lowest BCUT2D eigenvalue weighted by molar-refractivity contribution is -0.0505. The van der Waals surface area contributed by atoms with Gasteiger partial charge in [-0.2, -0.15) is 8.78 Å². The van der Waals surface area contributed by atoms with Crippen LogP contribution in [0.4, 0.5) is 8.78 Å². The lowest BCUT2D eigenvalue weighted by Crippen LogP contribution is -2.37. The van der Waals surface area contributed by atoms with Gasteiger partial charge in [-0.25, -0.2) is 4.99 Å². The molecule has 3 N–H and O–H groups in total. The maximum Gasteiger partial charge on any atom is 0.387 e. The summed E-state index contributed by atoms with van der Waals surface area (Å²) < 4.78 is 40.0. The Labute approximate surface area is 155 Å². The second kappa shape index (κ2) is 8.54. The van der Waals surface area contributed by atoms with Crippen LogP contribution in [-0.2, 0) is 6.54 Å². The first kappa shape index (κ1) is 18.8. The van der Waals surface area contributed by atoms with Gasteiger partial charge >= 0.3 is 6.61 Å². The minimum absolute atomic E-state index is 0. The zero-order valence-corrected chi connectivity index (χ0v) is 15.3. The summed E-state index contributed by atoms with van der Waals surface area (Å²) in [5.74, 6) is 1.81. The fourth-order valence-electron chi connectivity index (χ4n) is 2.47. The van der Waals surface area contributed by atoms with E-state index >= 15 is 0 Å². The van der Waals surface area contributed by atoms with Gasteiger partial charge < -0.3 is 25.3 Å². The number of halogens is 3. The Hall–Kier alpha value is -1.52. The molecule has 1 saturated carbocycles. The van der Waals surface area contributed by atoms with Crippen LogP contribution in [0.2, 0.25) is 0 Å². The number of benzene rings is 1. The van der Waals surface area contributed by atoms with E-state index in [0.717, 1.165) is 6.54 Å². The SMILES string of the molecule is I.NC(=NCc1cc2c(cc1OC(F)F)OCO2)NCC1CCC1. The van der Waals surface area contributed by atoms with Crippen molar-refractivity contribution in [1.29, 1.82) is 0 Å². The van der Waals surface area contributed by atoms with Gasteiger partial charge in [-0.1, -0.05) is 6.42 Å². The highest BCUT2D eigenvalue weighted by molar-refractivity contribution is 14.0. The Balaban J connectivity index is 0.00000208. The molecule has 0 bridgehead atoms. The minimum Gasteiger partial charge on any atom is -0.454 e. The number of nitrogens with zero attached hydrogens (tertiary/aromatic N) is 1. The standard InChI is InChI=1S/C15H19F2N3O3.HI/c16-14(17)23-11-5-13-12(21-8-22-13)4-10(11)7-20-15(18)19-6-9-2-1-3-9;/h4-5,9,14H,1-3,6-8H2,(H3,18,19,20);1H. The van der Waals surface area contributed by atoms with Crippen molar-refractivity contribution >= 4 is 29.9 Å². The van der Waals surface area contributed by atoms with Crippen molar-refractivity contribution in [3.8, 4) is 17.2 Å². The summed E-state index contributed by atoms with van der Waals surface area (Å²) in [6.07, 6.45) is 3.67. The van der Waals surface area contributed by atoms with Crippen LogP contribution in [0, 0.1) is 5.92 Å². The Morgan fingerprint density at radius 2 is 2.04 bits per heavy atom. The van der Waals surface area contributed by atoms with Crippen molar-refractivity contribution in [2.45, 2.75) is 32.4 Å². The van der Waals surface area contributed by atoms with E-state index < -0.39 is 6.61 Å². The number of aliphatic imine (C=N–C) groups is 1. The van der Waals surface area contributed by atoms with Crippen LogP contribution in [0.3, 0.4) is 0 Å². The maximum atomic E-state index is 12.5. The van der Waals surface area contributed by atoms with Gasteiger partial charge in [0.25, 0.3) is 0 Å². The molecule has 1 aliphatic carbocycles. The summed E-state index contributed by atoms with van der Waals surface area (Å²) >= 11 is 0. The molecule has 0 radical (unpaired) electrons. The van der Waals surface area contributed by atoms with E-state index in [1.807, 2.05) is 0 Å². The molecule has 1 heterocycles. The van der Waals surface area contributed by atoms with Crippen LogP contribution < -0.4 is 25.3 Å². The van der Waals surface area contributed by atoms with Crippen molar-refractivity contribution in [3.05, 3.63) is 17.7 Å². The van der Waals surface area contributed by atoms with Gasteiger partial charge in [-0.3, -0.25) is 0 Å². The molecule has 0 spiro atoms. The third-order valence-electron chi connectivity index (χ3n) is 3.99. The Morgan fingerprint density at radius 1 is 1.33 bits per heavy atom. The predicted octanol–water partition coefficient (Wildman–Crippen LogP) is 2.84. The number of alkyl halides is 2. The van der Waals surface area contributed by atoms with Gasteiger partial charge in [0, 0.05) is 18.2 Å². The number of hydrogen-bond donors (Lipinski definition) is 2. The van der Waals surface area contributed by atoms with Crippen LogP contribution in [0.5, 0.6) is 17.2 Å². The smallest absolute Gasteiger partial charge is 0.387 e. The second-order valence-corrected chi connectivity index (χ2v) is 5.57. The van der Waals surface area contributed by atoms with Crippen molar-refractivity contribution in [1.82, 2.24) is 5.32 Å². The van der Waals surface area contributed by atoms with E-state index in [9.17, 15) is 8.78 Å². The molecule has 0 saturated heterocycles. The molecule has 6 nitrogen and oxygen atoms in total. The van der Waals surface area contributed by atoms with E-state index in [4.69, 9.17) is 15.2 Å². The number of nitrogens with one attached hydrogen (secondary N) is 1. The van der Waals surface area contributed by atoms with Gasteiger partial charge in [-0.15, -0.1) is 24.0 Å². The van der Waals surface area contributed by atoms with Crippen LogP contribution in [0.15, 0.2) is 17.1 Å². The average molecular weight is 455 g/mol. The van der Waals surface area contributed by atoms with Gasteiger partial charge in [0.15, 0.2) is 17.5 Å². The van der Waals surface area contributed by atoms with Crippen molar-refractivity contribution in [3.63, 3.8) is 0 Å². The van der Waals surface area contributed by atoms with Crippen LogP contribution in [0.25, 0.3) is 0 Å². The molecule has 0 unspecified atom stereocenters. The molecule has 1 aromatic carbocycles. The normalized spacial score (nSPS) is 16.5. The van der Waals surface area contributed by atoms with Gasteiger partial charge in [0.1, 0.15) is 5.75 Å². The van der Waals surface area contributed by atoms with E-state index in [-0.39, 0.29) is 49.0 Å². The molecule has 0 amide bonds. The summed E-state index contributed by atoms with van der Waals surface area (Å²) in [5, 5.41) is 3.05. The molecule has 134 valence electrons. The fraction of sp³-hybridized carbons (Fsp3) is 0.533. The molecule has 1 fully saturated rings. The van der Waals surface area contributed by atoms with Crippen LogP contribution in [-0.4, -0.2) is 25.9 Å². The van der Waals surface area contributed by atoms with E-state index in [1.165, 1.54) is 25.3 Å². The first-order chi connectivity index (χ1) is 11.1. The monoisotopic (exact) mass is 455 g/mol. The third kappa shape index (κ3) is 4.74. The highest BCUT2D eigenvalue weighted by Crippen LogP contribution is 2.39. The molecule has 24 heavy (non-hydrogen) atoms. The third-order valence-corrected chi connectivity index (χ3v) is 3.99. The van der Waals surface area contributed by atoms with Crippen molar-refractivity contribution < 1.29 is 23.0 Å². The lowest BCUT2D eigenvalue weighted by Gasteiger charge is -2.25. The number of nitrogens with two attached hydrogens (primary N) is 1. The zero-order valence-electron chi connectivity index (χ0n) is 13.0. The maximum absolute atomic E-state index is 12.5. The van der Waals surface area contributed by atoms with E-state index in [2.05, 4.69) is 15.0 Å². The molecule has 3 rings (SSSR count). The summed E-state index contributed by atoms with van der Waals surface area (Å²) in [4.78, 5) is 4.18. The highest BCUT2D eigenvalue weighted by atomic mass is 127. The summed E-state index contributed by atoms with van der Waals surface area (Å²) in [6.45, 7) is -1.97. The molecule has 1 aromatic rings. The topological polar surface area (TPSA) is 78.1 Å². The molecule has 0 aromatic heterocycles. The Kier molecular flexibility index (Phi) is 6.69. The average Bonchev–Trinajstić information content (AvgIpc) is 2.89. The quantitative estimate of drug-likeness (QED) is 0.392. The van der Waals surface area contributed by atoms with Crippen molar-refractivity contribution in [2.24, 2.45) is 16.6 Å². The second-order valence-electron chi connectivity index (χ2n) is 5.57. The summed E-state index contributed by atoms with van der Waals surface area (Å²) in [6, 6.07) is 2.97. The first-order valence-corrected chi connectivity index (χ1v) is 7.53. The minimum atomic E-state index is -2.92. The molecule has 9 heteroatoms. The summed E-state index contributed by atoms with van der Waals surface area (Å²) in [5.41, 5.74) is 6.27. The van der Waals surface area contributed by atoms with Crippen molar-refractivity contribution in [2.75, 3.05) is 13.3 Å². The fourth-order valence-corrected chi connectivity index (χ4v) is 2.47. The molecular formula is C15H20F2IN3O3. The number of hydrogen-bond acceptors (Lipinski definition) is 4. The Bertz CT molecular complexity index is 598. The number of fused-ring (bicyclic) bond motifs is 1. The lowest BCUT2D eigenvalue weighted by atomic mass is 9.85. The predicted molar refractivity (Wildman–Crippen MR) is 95.3 cm³/mol. The highest BCUT2D eigenvalue weighted by Gasteiger charge is 2.20. The summed E-state index contributed by atoms with van der Waals surface area (Å²) in [7, 11) is 0. The number of rotatable bonds is 6. The molecule has 1 aliphatic heterocycles. The number of guanidine groups is 1. The number of ether oxygens (including phenoxy) is 3. The largest absolute Gasteiger partial charge is 0.454 e. The molecule has 2 aliphatic rings. The zero-order chi connectivity index (χ0) is 16.2. The van der Waals surface area contributed by atoms with Gasteiger partial charge in [-0.05, 0) is 24.8 Å². The van der Waals surface area contributed by atoms with Crippen LogP contribution >= 0.6 is 24.0 Å². The Morgan fingerprint density at radius 3 is 2.67 bits per heavy atom. The van der Waals surface area contributed by atoms with Gasteiger partial charge in [0.2, 0.25) is 6.79 Å². The van der Waals surface area contributed by atoms with Gasteiger partial charge in [0.05, 0.1) is 6.54 Å². The molecular weight excluding hydrogens is 435 g/mol.